The average molecular weight is 268 g/mol. The molecule has 2 rings (SSSR count). The van der Waals surface area contributed by atoms with Crippen LogP contribution in [-0.2, 0) is 14.4 Å². The quantitative estimate of drug-likeness (QED) is 0.609. The highest BCUT2D eigenvalue weighted by Gasteiger charge is 2.34. The van der Waals surface area contributed by atoms with Gasteiger partial charge < -0.3 is 9.57 Å². The second-order valence-electron chi connectivity index (χ2n) is 4.48. The fraction of sp³-hybridized carbons (Fsp3) is 0.385. The lowest BCUT2D eigenvalue weighted by atomic mass is 9.93. The smallest absolute Gasteiger partial charge is 0.293 e. The summed E-state index contributed by atoms with van der Waals surface area (Å²) in [6.45, 7) is 2.72. The minimum atomic E-state index is -0.416. The first-order valence-electron chi connectivity index (χ1n) is 5.69. The molecule has 0 fully saturated rings. The van der Waals surface area contributed by atoms with Gasteiger partial charge in [0.15, 0.2) is 0 Å². The molecule has 1 heterocycles. The van der Waals surface area contributed by atoms with E-state index in [9.17, 15) is 4.79 Å². The van der Waals surface area contributed by atoms with E-state index >= 15 is 0 Å². The van der Waals surface area contributed by atoms with E-state index in [4.69, 9.17) is 16.4 Å². The number of hydrogen-bond donors (Lipinski definition) is 0. The molecule has 5 heteroatoms. The Labute approximate surface area is 111 Å². The molecule has 96 valence electrons. The zero-order valence-corrected chi connectivity index (χ0v) is 10.8. The van der Waals surface area contributed by atoms with Gasteiger partial charge in [-0.3, -0.25) is 4.79 Å². The van der Waals surface area contributed by atoms with Crippen LogP contribution in [0.1, 0.15) is 25.3 Å². The topological polar surface area (TPSA) is 47.9 Å². The molecule has 1 aromatic rings. The van der Waals surface area contributed by atoms with E-state index in [1.54, 1.807) is 0 Å². The van der Waals surface area contributed by atoms with E-state index in [0.717, 1.165) is 11.3 Å². The van der Waals surface area contributed by atoms with E-state index in [2.05, 4.69) is 9.89 Å². The summed E-state index contributed by atoms with van der Waals surface area (Å²) in [5, 5.41) is 4.77. The first kappa shape index (κ1) is 12.9. The predicted molar refractivity (Wildman–Crippen MR) is 68.7 cm³/mol. The normalized spacial score (nSPS) is 22.2. The zero-order valence-electron chi connectivity index (χ0n) is 10.1. The lowest BCUT2D eigenvalue weighted by Crippen LogP contribution is -2.26. The van der Waals surface area contributed by atoms with Crippen LogP contribution in [0.3, 0.4) is 0 Å². The Bertz CT molecular complexity index is 475. The summed E-state index contributed by atoms with van der Waals surface area (Å²) in [7, 11) is 0. The Kier molecular flexibility index (Phi) is 3.87. The second kappa shape index (κ2) is 5.40. The highest BCUT2D eigenvalue weighted by molar-refractivity contribution is 6.31. The standard InChI is InChI=1S/C13H14ClNO3/c1-13(5-6-17-9-16)8-12(15-18-13)10-3-2-4-11(14)7-10/h2-4,7,9H,5-6,8H2,1H3. The van der Waals surface area contributed by atoms with Gasteiger partial charge in [-0.1, -0.05) is 28.9 Å². The molecule has 0 spiro atoms. The Morgan fingerprint density at radius 3 is 3.17 bits per heavy atom. The Hall–Kier alpha value is -1.55. The van der Waals surface area contributed by atoms with Crippen LogP contribution in [0.15, 0.2) is 29.4 Å². The molecule has 0 N–H and O–H groups in total. The third-order valence-corrected chi connectivity index (χ3v) is 3.13. The van der Waals surface area contributed by atoms with Crippen LogP contribution in [0.4, 0.5) is 0 Å². The van der Waals surface area contributed by atoms with Crippen LogP contribution < -0.4 is 0 Å². The van der Waals surface area contributed by atoms with E-state index in [-0.39, 0.29) is 0 Å². The van der Waals surface area contributed by atoms with Crippen molar-refractivity contribution in [2.75, 3.05) is 6.61 Å². The molecule has 0 aromatic heterocycles. The summed E-state index contributed by atoms with van der Waals surface area (Å²) in [4.78, 5) is 15.5. The molecule has 0 radical (unpaired) electrons. The van der Waals surface area contributed by atoms with Crippen molar-refractivity contribution >= 4 is 23.8 Å². The van der Waals surface area contributed by atoms with Crippen LogP contribution in [0.5, 0.6) is 0 Å². The van der Waals surface area contributed by atoms with Gasteiger partial charge in [0.25, 0.3) is 6.47 Å². The van der Waals surface area contributed by atoms with Crippen LogP contribution in [0.25, 0.3) is 0 Å². The molecular formula is C13H14ClNO3. The predicted octanol–water partition coefficient (Wildman–Crippen LogP) is 2.79. The largest absolute Gasteiger partial charge is 0.468 e. The molecule has 0 bridgehead atoms. The number of halogens is 1. The van der Waals surface area contributed by atoms with Crippen LogP contribution in [0.2, 0.25) is 5.02 Å². The van der Waals surface area contributed by atoms with Gasteiger partial charge in [0.05, 0.1) is 12.3 Å². The van der Waals surface area contributed by atoms with Crippen molar-refractivity contribution in [2.45, 2.75) is 25.4 Å². The number of carbonyl (C=O) groups excluding carboxylic acids is 1. The Morgan fingerprint density at radius 1 is 1.61 bits per heavy atom. The molecule has 0 aliphatic carbocycles. The van der Waals surface area contributed by atoms with Crippen molar-refractivity contribution in [3.05, 3.63) is 34.9 Å². The summed E-state index contributed by atoms with van der Waals surface area (Å²) < 4.78 is 4.69. The summed E-state index contributed by atoms with van der Waals surface area (Å²) in [5.74, 6) is 0. The van der Waals surface area contributed by atoms with Crippen molar-refractivity contribution in [3.63, 3.8) is 0 Å². The van der Waals surface area contributed by atoms with Crippen molar-refractivity contribution in [1.29, 1.82) is 0 Å². The van der Waals surface area contributed by atoms with Gasteiger partial charge in [-0.2, -0.15) is 0 Å². The van der Waals surface area contributed by atoms with Crippen molar-refractivity contribution in [2.24, 2.45) is 5.16 Å². The van der Waals surface area contributed by atoms with Crippen molar-refractivity contribution in [3.8, 4) is 0 Å². The fourth-order valence-corrected chi connectivity index (χ4v) is 2.05. The molecule has 1 aliphatic heterocycles. The molecule has 18 heavy (non-hydrogen) atoms. The SMILES string of the molecule is CC1(CCOC=O)CC(c2cccc(Cl)c2)=NO1. The number of hydrogen-bond acceptors (Lipinski definition) is 4. The Morgan fingerprint density at radius 2 is 2.44 bits per heavy atom. The van der Waals surface area contributed by atoms with Crippen LogP contribution in [0, 0.1) is 0 Å². The third-order valence-electron chi connectivity index (χ3n) is 2.89. The van der Waals surface area contributed by atoms with Crippen molar-refractivity contribution < 1.29 is 14.4 Å². The zero-order chi connectivity index (χ0) is 13.0. The fourth-order valence-electron chi connectivity index (χ4n) is 1.86. The second-order valence-corrected chi connectivity index (χ2v) is 4.92. The summed E-state index contributed by atoms with van der Waals surface area (Å²) in [5.41, 5.74) is 1.41. The van der Waals surface area contributed by atoms with Crippen LogP contribution in [-0.4, -0.2) is 24.4 Å². The first-order chi connectivity index (χ1) is 8.63. The van der Waals surface area contributed by atoms with Gasteiger partial charge >= 0.3 is 0 Å². The maximum absolute atomic E-state index is 10.1. The molecule has 0 amide bonds. The Balaban J connectivity index is 2.00. The lowest BCUT2D eigenvalue weighted by molar-refractivity contribution is -0.130. The molecule has 1 unspecified atom stereocenters. The number of ether oxygens (including phenoxy) is 1. The lowest BCUT2D eigenvalue weighted by Gasteiger charge is -2.20. The molecule has 0 saturated heterocycles. The maximum atomic E-state index is 10.1. The summed E-state index contributed by atoms with van der Waals surface area (Å²) >= 11 is 5.94. The van der Waals surface area contributed by atoms with Gasteiger partial charge in [0.2, 0.25) is 0 Å². The minimum absolute atomic E-state index is 0.332. The number of benzene rings is 1. The number of nitrogens with zero attached hydrogens (tertiary/aromatic N) is 1. The van der Waals surface area contributed by atoms with Crippen LogP contribution >= 0.6 is 11.6 Å². The molecule has 1 aliphatic rings. The number of rotatable bonds is 5. The maximum Gasteiger partial charge on any atom is 0.293 e. The van der Waals surface area contributed by atoms with Gasteiger partial charge in [0.1, 0.15) is 5.60 Å². The monoisotopic (exact) mass is 267 g/mol. The summed E-state index contributed by atoms with van der Waals surface area (Å²) in [6.07, 6.45) is 1.29. The van der Waals surface area contributed by atoms with E-state index < -0.39 is 5.60 Å². The van der Waals surface area contributed by atoms with Gasteiger partial charge in [0, 0.05) is 23.4 Å². The van der Waals surface area contributed by atoms with Gasteiger partial charge in [-0.05, 0) is 19.1 Å². The average Bonchev–Trinajstić information content (AvgIpc) is 2.73. The number of carbonyl (C=O) groups is 1. The summed E-state index contributed by atoms with van der Waals surface area (Å²) in [6, 6.07) is 7.50. The molecule has 0 saturated carbocycles. The highest BCUT2D eigenvalue weighted by Crippen LogP contribution is 2.30. The molecule has 1 aromatic carbocycles. The van der Waals surface area contributed by atoms with E-state index in [1.807, 2.05) is 31.2 Å². The van der Waals surface area contributed by atoms with Gasteiger partial charge in [-0.25, -0.2) is 0 Å². The van der Waals surface area contributed by atoms with Crippen molar-refractivity contribution in [1.82, 2.24) is 0 Å². The first-order valence-corrected chi connectivity index (χ1v) is 6.07. The minimum Gasteiger partial charge on any atom is -0.468 e. The highest BCUT2D eigenvalue weighted by atomic mass is 35.5. The third kappa shape index (κ3) is 3.01. The molecule has 1 atom stereocenters. The van der Waals surface area contributed by atoms with E-state index in [1.165, 1.54) is 0 Å². The number of oxime groups is 1. The molecule has 4 nitrogen and oxygen atoms in total. The van der Waals surface area contributed by atoms with E-state index in [0.29, 0.717) is 30.9 Å². The van der Waals surface area contributed by atoms with Gasteiger partial charge in [-0.15, -0.1) is 0 Å². The molecular weight excluding hydrogens is 254 g/mol.